The van der Waals surface area contributed by atoms with Gasteiger partial charge in [-0.2, -0.15) is 0 Å². The third-order valence-corrected chi connectivity index (χ3v) is 8.04. The molecule has 0 spiro atoms. The molecule has 31 heavy (non-hydrogen) atoms. The lowest BCUT2D eigenvalue weighted by atomic mass is 10.1. The van der Waals surface area contributed by atoms with Gasteiger partial charge in [0.2, 0.25) is 5.91 Å². The summed E-state index contributed by atoms with van der Waals surface area (Å²) in [5.74, 6) is -0.815. The molecule has 1 unspecified atom stereocenters. The summed E-state index contributed by atoms with van der Waals surface area (Å²) in [4.78, 5) is 14.1. The highest BCUT2D eigenvalue weighted by Gasteiger charge is 2.37. The number of hydrogen-bond donors (Lipinski definition) is 1. The third-order valence-electron chi connectivity index (χ3n) is 5.30. The molecular weight excluding hydrogens is 435 g/mol. The molecule has 1 N–H and O–H groups in total. The molecule has 0 saturated carbocycles. The number of thiophene rings is 1. The molecule has 2 heterocycles. The summed E-state index contributed by atoms with van der Waals surface area (Å²) in [6.45, 7) is -0.348. The molecule has 1 aliphatic heterocycles. The van der Waals surface area contributed by atoms with E-state index < -0.39 is 22.0 Å². The Morgan fingerprint density at radius 1 is 1.00 bits per heavy atom. The van der Waals surface area contributed by atoms with Crippen LogP contribution in [-0.2, 0) is 14.8 Å². The number of nitrogens with one attached hydrogen (secondary N) is 1. The second-order valence-corrected chi connectivity index (χ2v) is 10.0. The Balaban J connectivity index is 1.46. The van der Waals surface area contributed by atoms with Gasteiger partial charge < -0.3 is 5.32 Å². The predicted octanol–water partition coefficient (Wildman–Crippen LogP) is 4.45. The van der Waals surface area contributed by atoms with Gasteiger partial charge in [-0.05, 0) is 46.7 Å². The molecule has 0 fully saturated rings. The Hall–Kier alpha value is -3.23. The molecule has 1 atom stereocenters. The van der Waals surface area contributed by atoms with Gasteiger partial charge in [0.15, 0.2) is 0 Å². The zero-order valence-corrected chi connectivity index (χ0v) is 17.8. The van der Waals surface area contributed by atoms with E-state index in [1.165, 1.54) is 23.5 Å². The Labute approximate surface area is 182 Å². The number of rotatable bonds is 5. The molecule has 156 valence electrons. The van der Waals surface area contributed by atoms with Crippen molar-refractivity contribution in [3.05, 3.63) is 94.4 Å². The van der Waals surface area contributed by atoms with Crippen molar-refractivity contribution in [2.75, 3.05) is 10.8 Å². The fourth-order valence-electron chi connectivity index (χ4n) is 3.90. The summed E-state index contributed by atoms with van der Waals surface area (Å²) in [5.41, 5.74) is 1.21. The van der Waals surface area contributed by atoms with Gasteiger partial charge >= 0.3 is 0 Å². The minimum absolute atomic E-state index is 0.210. The molecule has 5 nitrogen and oxygen atoms in total. The summed E-state index contributed by atoms with van der Waals surface area (Å²) in [6.07, 6.45) is 0. The van der Waals surface area contributed by atoms with E-state index >= 15 is 0 Å². The predicted molar refractivity (Wildman–Crippen MR) is 119 cm³/mol. The van der Waals surface area contributed by atoms with Crippen LogP contribution in [0.5, 0.6) is 0 Å². The smallest absolute Gasteiger partial charge is 0.265 e. The van der Waals surface area contributed by atoms with Crippen molar-refractivity contribution in [1.29, 1.82) is 0 Å². The molecule has 1 aromatic heterocycles. The van der Waals surface area contributed by atoms with Crippen molar-refractivity contribution in [3.8, 4) is 0 Å². The quantitative estimate of drug-likeness (QED) is 0.486. The van der Waals surface area contributed by atoms with Gasteiger partial charge in [0.1, 0.15) is 12.4 Å². The molecule has 8 heteroatoms. The second kappa shape index (κ2) is 7.47. The maximum absolute atomic E-state index is 13.4. The highest BCUT2D eigenvalue weighted by atomic mass is 32.2. The Kier molecular flexibility index (Phi) is 4.75. The fraction of sp³-hybridized carbons (Fsp3) is 0.0870. The van der Waals surface area contributed by atoms with E-state index in [4.69, 9.17) is 0 Å². The van der Waals surface area contributed by atoms with Gasteiger partial charge in [0, 0.05) is 10.3 Å². The number of carbonyl (C=O) groups is 1. The first kappa shape index (κ1) is 19.7. The molecule has 0 radical (unpaired) electrons. The van der Waals surface area contributed by atoms with E-state index in [0.717, 1.165) is 14.6 Å². The number of carbonyl (C=O) groups excluding carboxylic acids is 1. The van der Waals surface area contributed by atoms with Crippen LogP contribution in [0.1, 0.15) is 16.5 Å². The normalized spacial score (nSPS) is 15.2. The Morgan fingerprint density at radius 2 is 1.74 bits per heavy atom. The molecular formula is C23H17FN2O3S2. The van der Waals surface area contributed by atoms with Crippen LogP contribution in [0.3, 0.4) is 0 Å². The number of halogens is 1. The van der Waals surface area contributed by atoms with Crippen LogP contribution in [0.2, 0.25) is 0 Å². The van der Waals surface area contributed by atoms with Gasteiger partial charge in [-0.3, -0.25) is 9.10 Å². The van der Waals surface area contributed by atoms with Crippen LogP contribution < -0.4 is 9.62 Å². The van der Waals surface area contributed by atoms with Crippen molar-refractivity contribution in [3.63, 3.8) is 0 Å². The fourth-order valence-corrected chi connectivity index (χ4v) is 6.36. The summed E-state index contributed by atoms with van der Waals surface area (Å²) < 4.78 is 40.8. The van der Waals surface area contributed by atoms with Gasteiger partial charge in [-0.1, -0.05) is 42.5 Å². The zero-order valence-electron chi connectivity index (χ0n) is 16.2. The maximum Gasteiger partial charge on any atom is 0.265 e. The van der Waals surface area contributed by atoms with Gasteiger partial charge in [0.05, 0.1) is 16.6 Å². The standard InChI is InChI=1S/C23H17FN2O3S2/c24-17-11-9-16(10-12-17)23(19-7-3-13-30-19)25-21(27)14-26-18-6-1-4-15-5-2-8-20(22(15)18)31(26,28)29/h1-13,23H,14H2,(H,25,27). The minimum atomic E-state index is -3.83. The van der Waals surface area contributed by atoms with Crippen molar-refractivity contribution < 1.29 is 17.6 Å². The van der Waals surface area contributed by atoms with Crippen LogP contribution in [-0.4, -0.2) is 20.9 Å². The molecule has 1 aliphatic rings. The first-order valence-electron chi connectivity index (χ1n) is 9.58. The molecule has 3 aromatic carbocycles. The van der Waals surface area contributed by atoms with Crippen LogP contribution in [0.15, 0.2) is 83.1 Å². The highest BCUT2D eigenvalue weighted by Crippen LogP contribution is 2.41. The third kappa shape index (κ3) is 3.37. The monoisotopic (exact) mass is 452 g/mol. The highest BCUT2D eigenvalue weighted by molar-refractivity contribution is 7.93. The SMILES string of the molecule is O=C(CN1c2cccc3cccc(c23)S1(=O)=O)NC(c1ccc(F)cc1)c1cccs1. The van der Waals surface area contributed by atoms with Crippen LogP contribution >= 0.6 is 11.3 Å². The lowest BCUT2D eigenvalue weighted by Gasteiger charge is -2.22. The number of hydrogen-bond acceptors (Lipinski definition) is 4. The number of anilines is 1. The van der Waals surface area contributed by atoms with Crippen LogP contribution in [0.25, 0.3) is 10.8 Å². The number of nitrogens with zero attached hydrogens (tertiary/aromatic N) is 1. The molecule has 1 amide bonds. The molecule has 0 saturated heterocycles. The van der Waals surface area contributed by atoms with E-state index in [1.54, 1.807) is 36.4 Å². The average Bonchev–Trinajstić information content (AvgIpc) is 3.36. The van der Waals surface area contributed by atoms with E-state index in [9.17, 15) is 17.6 Å². The van der Waals surface area contributed by atoms with E-state index in [-0.39, 0.29) is 17.3 Å². The average molecular weight is 453 g/mol. The van der Waals surface area contributed by atoms with Crippen molar-refractivity contribution >= 4 is 43.7 Å². The van der Waals surface area contributed by atoms with Crippen molar-refractivity contribution in [2.45, 2.75) is 10.9 Å². The van der Waals surface area contributed by atoms with Gasteiger partial charge in [-0.25, -0.2) is 12.8 Å². The zero-order chi connectivity index (χ0) is 21.6. The minimum Gasteiger partial charge on any atom is -0.343 e. The Bertz CT molecular complexity index is 1380. The molecule has 0 aliphatic carbocycles. The van der Waals surface area contributed by atoms with Crippen LogP contribution in [0, 0.1) is 5.82 Å². The maximum atomic E-state index is 13.4. The topological polar surface area (TPSA) is 66.5 Å². The first-order chi connectivity index (χ1) is 14.9. The van der Waals surface area contributed by atoms with Gasteiger partial charge in [-0.15, -0.1) is 11.3 Å². The Morgan fingerprint density at radius 3 is 2.45 bits per heavy atom. The number of amides is 1. The number of sulfonamides is 1. The summed E-state index contributed by atoms with van der Waals surface area (Å²) in [6, 6.07) is 19.6. The van der Waals surface area contributed by atoms with E-state index in [1.807, 2.05) is 29.6 Å². The van der Waals surface area contributed by atoms with Crippen molar-refractivity contribution in [1.82, 2.24) is 5.32 Å². The van der Waals surface area contributed by atoms with E-state index in [0.29, 0.717) is 16.6 Å². The van der Waals surface area contributed by atoms with E-state index in [2.05, 4.69) is 5.32 Å². The molecule has 0 bridgehead atoms. The second-order valence-electron chi connectivity index (χ2n) is 7.21. The first-order valence-corrected chi connectivity index (χ1v) is 11.9. The molecule has 4 aromatic rings. The summed E-state index contributed by atoms with van der Waals surface area (Å²) >= 11 is 1.46. The lowest BCUT2D eigenvalue weighted by molar-refractivity contribution is -0.120. The molecule has 5 rings (SSSR count). The number of benzene rings is 3. The largest absolute Gasteiger partial charge is 0.343 e. The summed E-state index contributed by atoms with van der Waals surface area (Å²) in [7, 11) is -3.83. The van der Waals surface area contributed by atoms with Crippen molar-refractivity contribution in [2.24, 2.45) is 0 Å². The van der Waals surface area contributed by atoms with Gasteiger partial charge in [0.25, 0.3) is 10.0 Å². The van der Waals surface area contributed by atoms with Crippen LogP contribution in [0.4, 0.5) is 10.1 Å². The summed E-state index contributed by atoms with van der Waals surface area (Å²) in [5, 5.41) is 6.25. The lowest BCUT2D eigenvalue weighted by Crippen LogP contribution is -2.40.